The molecule has 3 rings (SSSR count). The number of carbonyl (C=O) groups excluding carboxylic acids is 1. The summed E-state index contributed by atoms with van der Waals surface area (Å²) in [5, 5.41) is 9.80. The normalized spacial score (nSPS) is 14.5. The van der Waals surface area contributed by atoms with Crippen molar-refractivity contribution < 1.29 is 9.90 Å². The Labute approximate surface area is 122 Å². The lowest BCUT2D eigenvalue weighted by Gasteiger charge is -2.20. The first kappa shape index (κ1) is 13.4. The molecular weight excluding hydrogens is 268 g/mol. The highest BCUT2D eigenvalue weighted by Gasteiger charge is 2.25. The summed E-state index contributed by atoms with van der Waals surface area (Å²) in [6, 6.07) is 6.89. The van der Waals surface area contributed by atoms with Gasteiger partial charge in [0.05, 0.1) is 0 Å². The van der Waals surface area contributed by atoms with E-state index < -0.39 is 0 Å². The molecule has 2 aromatic rings. The van der Waals surface area contributed by atoms with E-state index in [9.17, 15) is 9.90 Å². The fourth-order valence-electron chi connectivity index (χ4n) is 2.44. The van der Waals surface area contributed by atoms with Crippen molar-refractivity contribution in [1.29, 1.82) is 0 Å². The number of anilines is 1. The van der Waals surface area contributed by atoms with Gasteiger partial charge in [-0.3, -0.25) is 4.79 Å². The molecule has 6 heteroatoms. The van der Waals surface area contributed by atoms with E-state index in [-0.39, 0.29) is 17.4 Å². The largest absolute Gasteiger partial charge is 0.505 e. The molecule has 0 radical (unpaired) electrons. The Kier molecular flexibility index (Phi) is 3.43. The van der Waals surface area contributed by atoms with E-state index in [1.807, 2.05) is 24.1 Å². The van der Waals surface area contributed by atoms with Gasteiger partial charge in [0.25, 0.3) is 5.91 Å². The fraction of sp³-hybridized carbons (Fsp3) is 0.267. The topological polar surface area (TPSA) is 69.6 Å². The van der Waals surface area contributed by atoms with E-state index in [0.717, 1.165) is 11.4 Å². The monoisotopic (exact) mass is 284 g/mol. The van der Waals surface area contributed by atoms with Crippen LogP contribution in [-0.2, 0) is 6.54 Å². The predicted octanol–water partition coefficient (Wildman–Crippen LogP) is 1.27. The number of aromatic nitrogens is 2. The Bertz CT molecular complexity index is 674. The van der Waals surface area contributed by atoms with Crippen molar-refractivity contribution in [2.24, 2.45) is 0 Å². The van der Waals surface area contributed by atoms with Gasteiger partial charge in [0.1, 0.15) is 11.6 Å². The highest BCUT2D eigenvalue weighted by atomic mass is 16.3. The molecule has 0 unspecified atom stereocenters. The minimum Gasteiger partial charge on any atom is -0.505 e. The number of hydrogen-bond acceptors (Lipinski definition) is 5. The lowest BCUT2D eigenvalue weighted by molar-refractivity contribution is 0.0742. The summed E-state index contributed by atoms with van der Waals surface area (Å²) in [6.45, 7) is 1.70. The summed E-state index contributed by atoms with van der Waals surface area (Å²) in [5.74, 6) is 0.530. The molecule has 0 atom stereocenters. The van der Waals surface area contributed by atoms with Gasteiger partial charge in [0.15, 0.2) is 5.69 Å². The summed E-state index contributed by atoms with van der Waals surface area (Å²) < 4.78 is 0. The van der Waals surface area contributed by atoms with Crippen molar-refractivity contribution in [3.63, 3.8) is 0 Å². The highest BCUT2D eigenvalue weighted by Crippen LogP contribution is 2.23. The van der Waals surface area contributed by atoms with Crippen LogP contribution in [0.3, 0.4) is 0 Å². The zero-order valence-electron chi connectivity index (χ0n) is 11.7. The second-order valence-corrected chi connectivity index (χ2v) is 5.01. The Morgan fingerprint density at radius 3 is 2.76 bits per heavy atom. The third kappa shape index (κ3) is 2.52. The third-order valence-electron chi connectivity index (χ3n) is 3.57. The van der Waals surface area contributed by atoms with E-state index in [0.29, 0.717) is 19.6 Å². The van der Waals surface area contributed by atoms with E-state index in [2.05, 4.69) is 9.97 Å². The van der Waals surface area contributed by atoms with Crippen LogP contribution in [0, 0.1) is 0 Å². The van der Waals surface area contributed by atoms with Crippen LogP contribution in [0.4, 0.5) is 5.82 Å². The summed E-state index contributed by atoms with van der Waals surface area (Å²) in [7, 11) is 1.96. The van der Waals surface area contributed by atoms with Gasteiger partial charge in [0, 0.05) is 44.6 Å². The van der Waals surface area contributed by atoms with Gasteiger partial charge < -0.3 is 14.9 Å². The van der Waals surface area contributed by atoms with Gasteiger partial charge >= 0.3 is 0 Å². The molecule has 1 aliphatic heterocycles. The van der Waals surface area contributed by atoms with Crippen molar-refractivity contribution in [2.75, 3.05) is 25.0 Å². The molecule has 6 nitrogen and oxygen atoms in total. The van der Waals surface area contributed by atoms with Gasteiger partial charge in [-0.05, 0) is 18.2 Å². The second-order valence-electron chi connectivity index (χ2n) is 5.01. The number of likely N-dealkylation sites (N-methyl/N-ethyl adjacent to an activating group) is 1. The van der Waals surface area contributed by atoms with E-state index in [1.165, 1.54) is 12.3 Å². The molecule has 0 saturated heterocycles. The van der Waals surface area contributed by atoms with E-state index in [4.69, 9.17) is 0 Å². The first-order chi connectivity index (χ1) is 10.2. The lowest BCUT2D eigenvalue weighted by Crippen LogP contribution is -2.34. The van der Waals surface area contributed by atoms with Crippen molar-refractivity contribution in [2.45, 2.75) is 6.54 Å². The van der Waals surface area contributed by atoms with Gasteiger partial charge in [-0.1, -0.05) is 6.07 Å². The SMILES string of the molecule is CN1CCN(C(=O)c2ncccc2O)Cc2cccnc21. The van der Waals surface area contributed by atoms with Crippen LogP contribution in [0.5, 0.6) is 5.75 Å². The van der Waals surface area contributed by atoms with Crippen LogP contribution in [-0.4, -0.2) is 46.0 Å². The van der Waals surface area contributed by atoms with Gasteiger partial charge in [0.2, 0.25) is 0 Å². The van der Waals surface area contributed by atoms with Crippen LogP contribution in [0.1, 0.15) is 16.1 Å². The first-order valence-corrected chi connectivity index (χ1v) is 6.75. The molecule has 0 spiro atoms. The summed E-state index contributed by atoms with van der Waals surface area (Å²) >= 11 is 0. The third-order valence-corrected chi connectivity index (χ3v) is 3.57. The van der Waals surface area contributed by atoms with E-state index in [1.54, 1.807) is 17.2 Å². The molecule has 1 amide bonds. The van der Waals surface area contributed by atoms with Crippen LogP contribution >= 0.6 is 0 Å². The number of hydrogen-bond donors (Lipinski definition) is 1. The molecule has 0 bridgehead atoms. The highest BCUT2D eigenvalue weighted by molar-refractivity contribution is 5.94. The predicted molar refractivity (Wildman–Crippen MR) is 78.1 cm³/mol. The second kappa shape index (κ2) is 5.40. The Morgan fingerprint density at radius 1 is 1.19 bits per heavy atom. The van der Waals surface area contributed by atoms with Crippen molar-refractivity contribution in [1.82, 2.24) is 14.9 Å². The molecule has 1 N–H and O–H groups in total. The molecule has 21 heavy (non-hydrogen) atoms. The minimum atomic E-state index is -0.266. The maximum atomic E-state index is 12.6. The molecule has 108 valence electrons. The lowest BCUT2D eigenvalue weighted by atomic mass is 10.2. The molecule has 0 fully saturated rings. The molecule has 1 aliphatic rings. The number of pyridine rings is 2. The first-order valence-electron chi connectivity index (χ1n) is 6.75. The van der Waals surface area contributed by atoms with Gasteiger partial charge in [-0.15, -0.1) is 0 Å². The molecular formula is C15H16N4O2. The maximum Gasteiger partial charge on any atom is 0.276 e. The number of carbonyl (C=O) groups is 1. The zero-order chi connectivity index (χ0) is 14.8. The van der Waals surface area contributed by atoms with Crippen LogP contribution in [0.25, 0.3) is 0 Å². The smallest absolute Gasteiger partial charge is 0.276 e. The summed E-state index contributed by atoms with van der Waals surface area (Å²) in [5.41, 5.74) is 1.08. The maximum absolute atomic E-state index is 12.6. The molecule has 0 aromatic carbocycles. The fourth-order valence-corrected chi connectivity index (χ4v) is 2.44. The number of fused-ring (bicyclic) bond motifs is 1. The van der Waals surface area contributed by atoms with Crippen molar-refractivity contribution >= 4 is 11.7 Å². The number of aromatic hydroxyl groups is 1. The van der Waals surface area contributed by atoms with Crippen molar-refractivity contribution in [3.05, 3.63) is 47.9 Å². The van der Waals surface area contributed by atoms with Crippen LogP contribution < -0.4 is 4.90 Å². The number of rotatable bonds is 1. The van der Waals surface area contributed by atoms with Crippen molar-refractivity contribution in [3.8, 4) is 5.75 Å². The Hall–Kier alpha value is -2.63. The quantitative estimate of drug-likeness (QED) is 0.854. The van der Waals surface area contributed by atoms with E-state index >= 15 is 0 Å². The summed E-state index contributed by atoms with van der Waals surface area (Å²) in [4.78, 5) is 24.6. The average Bonchev–Trinajstić information content (AvgIpc) is 2.67. The molecule has 3 heterocycles. The summed E-state index contributed by atoms with van der Waals surface area (Å²) in [6.07, 6.45) is 3.25. The molecule has 0 aliphatic carbocycles. The standard InChI is InChI=1S/C15H16N4O2/c1-18-8-9-19(10-11-4-2-7-17-14(11)18)15(21)13-12(20)5-3-6-16-13/h2-7,20H,8-10H2,1H3. The Morgan fingerprint density at radius 2 is 1.95 bits per heavy atom. The van der Waals surface area contributed by atoms with Gasteiger partial charge in [-0.2, -0.15) is 0 Å². The van der Waals surface area contributed by atoms with Crippen LogP contribution in [0.2, 0.25) is 0 Å². The van der Waals surface area contributed by atoms with Gasteiger partial charge in [-0.25, -0.2) is 9.97 Å². The Balaban J connectivity index is 1.91. The zero-order valence-corrected chi connectivity index (χ0v) is 11.7. The number of amides is 1. The minimum absolute atomic E-state index is 0.0903. The molecule has 2 aromatic heterocycles. The van der Waals surface area contributed by atoms with Crippen LogP contribution in [0.15, 0.2) is 36.7 Å². The average molecular weight is 284 g/mol. The number of nitrogens with zero attached hydrogens (tertiary/aromatic N) is 4. The molecule has 0 saturated carbocycles.